The Morgan fingerprint density at radius 2 is 2.23 bits per heavy atom. The van der Waals surface area contributed by atoms with Crippen LogP contribution in [-0.4, -0.2) is 5.11 Å². The van der Waals surface area contributed by atoms with E-state index in [0.29, 0.717) is 5.75 Å². The van der Waals surface area contributed by atoms with Gasteiger partial charge in [-0.25, -0.2) is 0 Å². The van der Waals surface area contributed by atoms with Gasteiger partial charge in [0.05, 0.1) is 7.58 Å². The maximum atomic E-state index is 9.61. The van der Waals surface area contributed by atoms with Crippen molar-refractivity contribution in [1.82, 2.24) is 0 Å². The summed E-state index contributed by atoms with van der Waals surface area (Å²) in [5.74, 6) is 0.403. The van der Waals surface area contributed by atoms with Crippen LogP contribution in [0.5, 0.6) is 5.75 Å². The van der Waals surface area contributed by atoms with E-state index in [1.807, 2.05) is 6.07 Å². The number of thiophene rings is 1. The molecule has 0 spiro atoms. The Bertz CT molecular complexity index is 447. The molecule has 0 aliphatic carbocycles. The molecule has 0 aliphatic rings. The number of aryl methyl sites for hydroxylation is 1. The molecule has 1 N–H and O–H groups in total. The molecule has 3 heteroatoms. The zero-order valence-corrected chi connectivity index (χ0v) is 10.1. The van der Waals surface area contributed by atoms with Crippen LogP contribution in [0.25, 0.3) is 10.1 Å². The van der Waals surface area contributed by atoms with Crippen LogP contribution in [0.15, 0.2) is 18.2 Å². The lowest BCUT2D eigenvalue weighted by molar-refractivity contribution is 0.482. The van der Waals surface area contributed by atoms with Crippen LogP contribution in [0.1, 0.15) is 12.5 Å². The van der Waals surface area contributed by atoms with Gasteiger partial charge in [0.1, 0.15) is 5.75 Å². The second kappa shape index (κ2) is 3.46. The molecule has 0 saturated carbocycles. The summed E-state index contributed by atoms with van der Waals surface area (Å²) in [7, 11) is 0. The third-order valence-electron chi connectivity index (χ3n) is 2.10. The normalized spacial score (nSPS) is 10.9. The summed E-state index contributed by atoms with van der Waals surface area (Å²) < 4.78 is 2.24. The number of halogens is 1. The van der Waals surface area contributed by atoms with E-state index < -0.39 is 0 Å². The van der Waals surface area contributed by atoms with E-state index in [1.165, 1.54) is 13.8 Å². The lowest BCUT2D eigenvalue weighted by atomic mass is 10.1. The fourth-order valence-corrected chi connectivity index (χ4v) is 3.26. The minimum absolute atomic E-state index is 0.403. The molecule has 0 radical (unpaired) electrons. The third kappa shape index (κ3) is 1.55. The molecule has 68 valence electrons. The fraction of sp³-hybridized carbons (Fsp3) is 0.200. The molecule has 0 fully saturated rings. The molecule has 1 aromatic carbocycles. The van der Waals surface area contributed by atoms with E-state index in [2.05, 4.69) is 35.6 Å². The number of phenols is 1. The Morgan fingerprint density at radius 1 is 1.46 bits per heavy atom. The predicted octanol–water partition coefficient (Wildman–Crippen LogP) is 3.77. The van der Waals surface area contributed by atoms with Crippen LogP contribution in [0, 0.1) is 2.88 Å². The Morgan fingerprint density at radius 3 is 2.92 bits per heavy atom. The SMILES string of the molecule is CCc1ccc(O)c2sc(I)cc12. The van der Waals surface area contributed by atoms with Gasteiger partial charge in [-0.15, -0.1) is 11.3 Å². The van der Waals surface area contributed by atoms with E-state index in [-0.39, 0.29) is 0 Å². The Kier molecular flexibility index (Phi) is 2.47. The molecule has 0 bridgehead atoms. The molecular weight excluding hydrogens is 295 g/mol. The van der Waals surface area contributed by atoms with Gasteiger partial charge in [-0.1, -0.05) is 13.0 Å². The average Bonchev–Trinajstić information content (AvgIpc) is 2.48. The summed E-state index contributed by atoms with van der Waals surface area (Å²) in [6.45, 7) is 2.14. The summed E-state index contributed by atoms with van der Waals surface area (Å²) >= 11 is 3.93. The Labute approximate surface area is 94.5 Å². The van der Waals surface area contributed by atoms with E-state index in [4.69, 9.17) is 0 Å². The minimum atomic E-state index is 0.403. The van der Waals surface area contributed by atoms with Crippen molar-refractivity contribution in [2.45, 2.75) is 13.3 Å². The van der Waals surface area contributed by atoms with Crippen molar-refractivity contribution >= 4 is 44.0 Å². The summed E-state index contributed by atoms with van der Waals surface area (Å²) in [6, 6.07) is 5.92. The highest BCUT2D eigenvalue weighted by molar-refractivity contribution is 14.1. The van der Waals surface area contributed by atoms with Crippen molar-refractivity contribution < 1.29 is 5.11 Å². The number of fused-ring (bicyclic) bond motifs is 1. The second-order valence-electron chi connectivity index (χ2n) is 2.89. The third-order valence-corrected chi connectivity index (χ3v) is 4.02. The van der Waals surface area contributed by atoms with E-state index >= 15 is 0 Å². The largest absolute Gasteiger partial charge is 0.506 e. The van der Waals surface area contributed by atoms with Gasteiger partial charge in [-0.3, -0.25) is 0 Å². The molecule has 0 unspecified atom stereocenters. The number of hydrogen-bond donors (Lipinski definition) is 1. The van der Waals surface area contributed by atoms with Crippen molar-refractivity contribution in [3.63, 3.8) is 0 Å². The first-order valence-corrected chi connectivity index (χ1v) is 6.01. The second-order valence-corrected chi connectivity index (χ2v) is 5.84. The highest BCUT2D eigenvalue weighted by Gasteiger charge is 2.07. The van der Waals surface area contributed by atoms with E-state index in [1.54, 1.807) is 17.4 Å². The van der Waals surface area contributed by atoms with E-state index in [0.717, 1.165) is 11.1 Å². The molecule has 2 rings (SSSR count). The smallest absolute Gasteiger partial charge is 0.133 e. The average molecular weight is 304 g/mol. The molecule has 0 aliphatic heterocycles. The zero-order valence-electron chi connectivity index (χ0n) is 7.17. The van der Waals surface area contributed by atoms with Crippen molar-refractivity contribution in [3.05, 3.63) is 26.6 Å². The molecule has 1 nitrogen and oxygen atoms in total. The lowest BCUT2D eigenvalue weighted by Crippen LogP contribution is -1.79. The van der Waals surface area contributed by atoms with Crippen molar-refractivity contribution in [1.29, 1.82) is 0 Å². The van der Waals surface area contributed by atoms with Gasteiger partial charge in [-0.05, 0) is 46.7 Å². The van der Waals surface area contributed by atoms with Gasteiger partial charge in [-0.2, -0.15) is 0 Å². The van der Waals surface area contributed by atoms with Crippen molar-refractivity contribution in [2.24, 2.45) is 0 Å². The Balaban J connectivity index is 2.83. The number of hydrogen-bond acceptors (Lipinski definition) is 2. The van der Waals surface area contributed by atoms with E-state index in [9.17, 15) is 5.11 Å². The van der Waals surface area contributed by atoms with Gasteiger partial charge < -0.3 is 5.11 Å². The maximum absolute atomic E-state index is 9.61. The van der Waals surface area contributed by atoms with Crippen molar-refractivity contribution in [3.8, 4) is 5.75 Å². The molecule has 1 heterocycles. The minimum Gasteiger partial charge on any atom is -0.506 e. The first-order valence-electron chi connectivity index (χ1n) is 4.12. The quantitative estimate of drug-likeness (QED) is 0.795. The topological polar surface area (TPSA) is 20.2 Å². The molecule has 2 aromatic rings. The number of rotatable bonds is 1. The summed E-state index contributed by atoms with van der Waals surface area (Å²) in [6.07, 6.45) is 1.02. The molecule has 0 amide bonds. The van der Waals surface area contributed by atoms with Gasteiger partial charge in [0.15, 0.2) is 0 Å². The molecule has 1 aromatic heterocycles. The maximum Gasteiger partial charge on any atom is 0.133 e. The van der Waals surface area contributed by atoms with Gasteiger partial charge in [0.25, 0.3) is 0 Å². The fourth-order valence-electron chi connectivity index (χ4n) is 1.44. The Hall–Kier alpha value is -0.290. The van der Waals surface area contributed by atoms with Crippen LogP contribution in [-0.2, 0) is 6.42 Å². The molecule has 0 atom stereocenters. The van der Waals surface area contributed by atoms with Crippen LogP contribution in [0.2, 0.25) is 0 Å². The number of phenolic OH excluding ortho intramolecular Hbond substituents is 1. The number of aromatic hydroxyl groups is 1. The van der Waals surface area contributed by atoms with Crippen LogP contribution in [0.3, 0.4) is 0 Å². The highest BCUT2D eigenvalue weighted by atomic mass is 127. The monoisotopic (exact) mass is 304 g/mol. The zero-order chi connectivity index (χ0) is 9.42. The summed E-state index contributed by atoms with van der Waals surface area (Å²) in [5, 5.41) is 10.8. The van der Waals surface area contributed by atoms with Crippen molar-refractivity contribution in [2.75, 3.05) is 0 Å². The lowest BCUT2D eigenvalue weighted by Gasteiger charge is -2.00. The molecular formula is C10H9IOS. The van der Waals surface area contributed by atoms with Crippen LogP contribution >= 0.6 is 33.9 Å². The first-order chi connectivity index (χ1) is 6.22. The van der Waals surface area contributed by atoms with Gasteiger partial charge >= 0.3 is 0 Å². The molecule has 0 saturated heterocycles. The molecule has 13 heavy (non-hydrogen) atoms. The van der Waals surface area contributed by atoms with Gasteiger partial charge in [0, 0.05) is 5.39 Å². The van der Waals surface area contributed by atoms with Gasteiger partial charge in [0.2, 0.25) is 0 Å². The first kappa shape index (κ1) is 9.27. The summed E-state index contributed by atoms with van der Waals surface area (Å²) in [5.41, 5.74) is 1.31. The summed E-state index contributed by atoms with van der Waals surface area (Å²) in [4.78, 5) is 0. The highest BCUT2D eigenvalue weighted by Crippen LogP contribution is 2.35. The standard InChI is InChI=1S/C10H9IOS/c1-2-6-3-4-8(12)10-7(6)5-9(11)13-10/h3-5,12H,2H2,1H3. The predicted molar refractivity (Wildman–Crippen MR) is 65.6 cm³/mol. The van der Waals surface area contributed by atoms with Crippen LogP contribution in [0.4, 0.5) is 0 Å². The van der Waals surface area contributed by atoms with Crippen LogP contribution < -0.4 is 0 Å². The number of benzene rings is 1.